The van der Waals surface area contributed by atoms with Crippen LogP contribution in [0.3, 0.4) is 0 Å². The Bertz CT molecular complexity index is 750. The van der Waals surface area contributed by atoms with Crippen molar-refractivity contribution in [1.29, 1.82) is 0 Å². The average molecular weight is 363 g/mol. The third-order valence-corrected chi connectivity index (χ3v) is 4.08. The van der Waals surface area contributed by atoms with E-state index in [9.17, 15) is 4.79 Å². The second-order valence-corrected chi connectivity index (χ2v) is 6.04. The highest BCUT2D eigenvalue weighted by Gasteiger charge is 2.16. The van der Waals surface area contributed by atoms with E-state index in [1.54, 1.807) is 24.3 Å². The topological polar surface area (TPSA) is 85.4 Å². The second-order valence-electron chi connectivity index (χ2n) is 5.60. The fourth-order valence-corrected chi connectivity index (χ4v) is 2.74. The van der Waals surface area contributed by atoms with Gasteiger partial charge in [-0.3, -0.25) is 4.79 Å². The minimum Gasteiger partial charge on any atom is -0.495 e. The molecule has 1 saturated heterocycles. The number of aromatic nitrogens is 2. The first-order valence-corrected chi connectivity index (χ1v) is 8.36. The zero-order valence-electron chi connectivity index (χ0n) is 13.8. The maximum Gasteiger partial charge on any atom is 0.274 e. The van der Waals surface area contributed by atoms with E-state index in [2.05, 4.69) is 20.6 Å². The van der Waals surface area contributed by atoms with Crippen LogP contribution in [-0.2, 0) is 4.74 Å². The van der Waals surface area contributed by atoms with Crippen LogP contribution >= 0.6 is 11.6 Å². The lowest BCUT2D eigenvalue weighted by atomic mass is 10.2. The molecule has 0 saturated carbocycles. The van der Waals surface area contributed by atoms with Crippen molar-refractivity contribution in [2.45, 2.75) is 18.9 Å². The Kier molecular flexibility index (Phi) is 5.67. The number of hydrogen-bond donors (Lipinski definition) is 2. The van der Waals surface area contributed by atoms with Gasteiger partial charge >= 0.3 is 0 Å². The highest BCUT2D eigenvalue weighted by Crippen LogP contribution is 2.28. The minimum absolute atomic E-state index is 0.183. The molecule has 3 rings (SSSR count). The zero-order valence-corrected chi connectivity index (χ0v) is 14.5. The van der Waals surface area contributed by atoms with Gasteiger partial charge in [-0.2, -0.15) is 0 Å². The summed E-state index contributed by atoms with van der Waals surface area (Å²) in [7, 11) is 1.52. The summed E-state index contributed by atoms with van der Waals surface area (Å²) in [6.45, 7) is 1.45. The third-order valence-electron chi connectivity index (χ3n) is 3.84. The number of amides is 1. The van der Waals surface area contributed by atoms with Crippen molar-refractivity contribution in [3.63, 3.8) is 0 Å². The van der Waals surface area contributed by atoms with Crippen LogP contribution in [0.15, 0.2) is 30.6 Å². The van der Waals surface area contributed by atoms with Gasteiger partial charge in [0, 0.05) is 24.2 Å². The van der Waals surface area contributed by atoms with Crippen LogP contribution in [0.5, 0.6) is 5.75 Å². The standard InChI is InChI=1S/C17H19ClN4O3/c1-24-15-5-4-11(18)7-13(15)22-17(23)14-8-16(21-10-20-14)19-9-12-3-2-6-25-12/h4-5,7-8,10,12H,2-3,6,9H2,1H3,(H,22,23)(H,19,20,21). The molecule has 0 bridgehead atoms. The Labute approximate surface area is 150 Å². The number of ether oxygens (including phenoxy) is 2. The van der Waals surface area contributed by atoms with Gasteiger partial charge in [0.15, 0.2) is 0 Å². The molecule has 1 aromatic carbocycles. The van der Waals surface area contributed by atoms with Gasteiger partial charge in [-0.05, 0) is 31.0 Å². The van der Waals surface area contributed by atoms with E-state index in [1.807, 2.05) is 0 Å². The third kappa shape index (κ3) is 4.58. The SMILES string of the molecule is COc1ccc(Cl)cc1NC(=O)c1cc(NCC2CCCO2)ncn1. The molecule has 7 nitrogen and oxygen atoms in total. The number of nitrogens with zero attached hydrogens (tertiary/aromatic N) is 2. The summed E-state index contributed by atoms with van der Waals surface area (Å²) >= 11 is 5.98. The molecule has 0 aliphatic carbocycles. The van der Waals surface area contributed by atoms with Gasteiger partial charge in [-0.1, -0.05) is 11.6 Å². The Morgan fingerprint density at radius 2 is 2.28 bits per heavy atom. The van der Waals surface area contributed by atoms with E-state index in [1.165, 1.54) is 13.4 Å². The summed E-state index contributed by atoms with van der Waals surface area (Å²) in [6.07, 6.45) is 3.63. The van der Waals surface area contributed by atoms with Crippen molar-refractivity contribution >= 4 is 29.0 Å². The Morgan fingerprint density at radius 1 is 1.40 bits per heavy atom. The van der Waals surface area contributed by atoms with Crippen LogP contribution in [-0.4, -0.2) is 42.2 Å². The van der Waals surface area contributed by atoms with E-state index < -0.39 is 0 Å². The first-order chi connectivity index (χ1) is 12.2. The van der Waals surface area contributed by atoms with Gasteiger partial charge in [0.2, 0.25) is 0 Å². The molecule has 25 heavy (non-hydrogen) atoms. The quantitative estimate of drug-likeness (QED) is 0.821. The number of anilines is 2. The number of benzene rings is 1. The summed E-state index contributed by atoms with van der Waals surface area (Å²) in [5.74, 6) is 0.723. The van der Waals surface area contributed by atoms with Crippen LogP contribution in [0, 0.1) is 0 Å². The molecule has 1 unspecified atom stereocenters. The van der Waals surface area contributed by atoms with E-state index >= 15 is 0 Å². The van der Waals surface area contributed by atoms with Crippen molar-refractivity contribution in [2.75, 3.05) is 30.9 Å². The molecule has 2 N–H and O–H groups in total. The molecule has 1 aromatic heterocycles. The Morgan fingerprint density at radius 3 is 3.04 bits per heavy atom. The molecule has 1 atom stereocenters. The first-order valence-electron chi connectivity index (χ1n) is 7.98. The number of hydrogen-bond acceptors (Lipinski definition) is 6. The van der Waals surface area contributed by atoms with Gasteiger partial charge in [-0.25, -0.2) is 9.97 Å². The molecular formula is C17H19ClN4O3. The normalized spacial score (nSPS) is 16.5. The van der Waals surface area contributed by atoms with E-state index in [0.29, 0.717) is 28.8 Å². The number of rotatable bonds is 6. The lowest BCUT2D eigenvalue weighted by molar-refractivity contribution is 0.102. The Balaban J connectivity index is 1.67. The molecule has 8 heteroatoms. The highest BCUT2D eigenvalue weighted by molar-refractivity contribution is 6.31. The predicted molar refractivity (Wildman–Crippen MR) is 95.5 cm³/mol. The smallest absolute Gasteiger partial charge is 0.274 e. The average Bonchev–Trinajstić information content (AvgIpc) is 3.14. The van der Waals surface area contributed by atoms with Crippen LogP contribution in [0.2, 0.25) is 5.02 Å². The fraction of sp³-hybridized carbons (Fsp3) is 0.353. The summed E-state index contributed by atoms with van der Waals surface area (Å²) in [5, 5.41) is 6.43. The van der Waals surface area contributed by atoms with Gasteiger partial charge in [-0.15, -0.1) is 0 Å². The second kappa shape index (κ2) is 8.13. The summed E-state index contributed by atoms with van der Waals surface area (Å²) in [5.41, 5.74) is 0.722. The maximum atomic E-state index is 12.5. The number of methoxy groups -OCH3 is 1. The summed E-state index contributed by atoms with van der Waals surface area (Å²) in [4.78, 5) is 20.6. The van der Waals surface area contributed by atoms with Crippen molar-refractivity contribution in [1.82, 2.24) is 9.97 Å². The van der Waals surface area contributed by atoms with Crippen LogP contribution < -0.4 is 15.4 Å². The maximum absolute atomic E-state index is 12.5. The van der Waals surface area contributed by atoms with Gasteiger partial charge in [0.25, 0.3) is 5.91 Å². The zero-order chi connectivity index (χ0) is 17.6. The molecule has 132 valence electrons. The Hall–Kier alpha value is -2.38. The van der Waals surface area contributed by atoms with E-state index in [0.717, 1.165) is 19.4 Å². The molecule has 1 amide bonds. The number of halogens is 1. The molecule has 0 spiro atoms. The lowest BCUT2D eigenvalue weighted by Gasteiger charge is -2.12. The van der Waals surface area contributed by atoms with Gasteiger partial charge in [0.05, 0.1) is 18.9 Å². The molecule has 1 aliphatic rings. The van der Waals surface area contributed by atoms with Crippen molar-refractivity contribution in [2.24, 2.45) is 0 Å². The first kappa shape index (κ1) is 17.4. The van der Waals surface area contributed by atoms with Crippen LogP contribution in [0.25, 0.3) is 0 Å². The van der Waals surface area contributed by atoms with E-state index in [4.69, 9.17) is 21.1 Å². The molecule has 1 fully saturated rings. The molecule has 0 radical (unpaired) electrons. The molecular weight excluding hydrogens is 344 g/mol. The van der Waals surface area contributed by atoms with Crippen molar-refractivity contribution in [3.8, 4) is 5.75 Å². The lowest BCUT2D eigenvalue weighted by Crippen LogP contribution is -2.20. The number of carbonyl (C=O) groups is 1. The highest BCUT2D eigenvalue weighted by atomic mass is 35.5. The largest absolute Gasteiger partial charge is 0.495 e. The van der Waals surface area contributed by atoms with Crippen LogP contribution in [0.1, 0.15) is 23.3 Å². The monoisotopic (exact) mass is 362 g/mol. The number of nitrogens with one attached hydrogen (secondary N) is 2. The summed E-state index contributed by atoms with van der Waals surface area (Å²) in [6, 6.07) is 6.59. The molecule has 1 aliphatic heterocycles. The van der Waals surface area contributed by atoms with Crippen molar-refractivity contribution in [3.05, 3.63) is 41.3 Å². The molecule has 2 aromatic rings. The summed E-state index contributed by atoms with van der Waals surface area (Å²) < 4.78 is 10.8. The minimum atomic E-state index is -0.372. The van der Waals surface area contributed by atoms with Gasteiger partial charge < -0.3 is 20.1 Å². The molecule has 2 heterocycles. The van der Waals surface area contributed by atoms with Crippen molar-refractivity contribution < 1.29 is 14.3 Å². The fourth-order valence-electron chi connectivity index (χ4n) is 2.57. The predicted octanol–water partition coefficient (Wildman–Crippen LogP) is 2.98. The number of carbonyl (C=O) groups excluding carboxylic acids is 1. The van der Waals surface area contributed by atoms with Gasteiger partial charge in [0.1, 0.15) is 23.6 Å². The van der Waals surface area contributed by atoms with Crippen LogP contribution in [0.4, 0.5) is 11.5 Å². The van der Waals surface area contributed by atoms with E-state index in [-0.39, 0.29) is 17.7 Å².